The molecule has 0 aliphatic heterocycles. The van der Waals surface area contributed by atoms with Gasteiger partial charge in [-0.1, -0.05) is 0 Å². The second-order valence-corrected chi connectivity index (χ2v) is 4.50. The van der Waals surface area contributed by atoms with E-state index < -0.39 is 30.2 Å². The average Bonchev–Trinajstić information content (AvgIpc) is 2.49. The molecule has 0 amide bonds. The zero-order valence-electron chi connectivity index (χ0n) is 12.4. The third-order valence-corrected chi connectivity index (χ3v) is 2.84. The molecule has 0 saturated carbocycles. The first kappa shape index (κ1) is 17.7. The molecule has 2 rings (SSSR count). The number of anilines is 3. The van der Waals surface area contributed by atoms with Gasteiger partial charge in [-0.2, -0.15) is 18.2 Å². The highest BCUT2D eigenvalue weighted by Crippen LogP contribution is 2.34. The van der Waals surface area contributed by atoms with Crippen molar-refractivity contribution in [1.29, 1.82) is 0 Å². The number of hydrogen-bond donors (Lipinski definition) is 2. The van der Waals surface area contributed by atoms with Crippen molar-refractivity contribution in [3.63, 3.8) is 0 Å². The highest BCUT2D eigenvalue weighted by Gasteiger charge is 2.35. The van der Waals surface area contributed by atoms with E-state index in [1.54, 1.807) is 6.92 Å². The van der Waals surface area contributed by atoms with Crippen LogP contribution in [-0.4, -0.2) is 23.4 Å². The van der Waals surface area contributed by atoms with E-state index in [0.29, 0.717) is 6.20 Å². The van der Waals surface area contributed by atoms with Gasteiger partial charge in [0.2, 0.25) is 12.8 Å². The molecule has 0 fully saturated rings. The standard InChI is InChI=1S/C14H13F5N4O/c1-2-20-12-9(14(17,18)19)6-21-13(23-12)22-10-5-8(16)3-4-11(10)24-7-15/h3-6H,2,7H2,1H3,(H2,20,21,22,23). The molecule has 1 aromatic heterocycles. The summed E-state index contributed by atoms with van der Waals surface area (Å²) in [6.07, 6.45) is -4.03. The van der Waals surface area contributed by atoms with Crippen molar-refractivity contribution in [1.82, 2.24) is 9.97 Å². The summed E-state index contributed by atoms with van der Waals surface area (Å²) in [6, 6.07) is 3.21. The lowest BCUT2D eigenvalue weighted by molar-refractivity contribution is -0.137. The molecule has 24 heavy (non-hydrogen) atoms. The highest BCUT2D eigenvalue weighted by molar-refractivity contribution is 5.63. The van der Waals surface area contributed by atoms with E-state index in [-0.39, 0.29) is 23.9 Å². The number of halogens is 5. The van der Waals surface area contributed by atoms with E-state index in [0.717, 1.165) is 12.1 Å². The Labute approximate surface area is 133 Å². The summed E-state index contributed by atoms with van der Waals surface area (Å²) >= 11 is 0. The third kappa shape index (κ3) is 4.21. The maximum atomic E-state index is 13.3. The molecule has 0 saturated heterocycles. The van der Waals surface area contributed by atoms with Crippen LogP contribution in [0.25, 0.3) is 0 Å². The normalized spacial score (nSPS) is 11.2. The molecule has 0 aliphatic rings. The van der Waals surface area contributed by atoms with Gasteiger partial charge >= 0.3 is 6.18 Å². The molecule has 1 aromatic carbocycles. The van der Waals surface area contributed by atoms with Crippen LogP contribution in [0.15, 0.2) is 24.4 Å². The fraction of sp³-hybridized carbons (Fsp3) is 0.286. The van der Waals surface area contributed by atoms with Crippen molar-refractivity contribution in [2.24, 2.45) is 0 Å². The van der Waals surface area contributed by atoms with Gasteiger partial charge in [-0.3, -0.25) is 0 Å². The summed E-state index contributed by atoms with van der Waals surface area (Å²) < 4.78 is 69.0. The van der Waals surface area contributed by atoms with Gasteiger partial charge in [-0.05, 0) is 19.1 Å². The Morgan fingerprint density at radius 3 is 2.62 bits per heavy atom. The molecular formula is C14H13F5N4O. The molecule has 2 N–H and O–H groups in total. The number of rotatable bonds is 6. The monoisotopic (exact) mass is 348 g/mol. The molecule has 0 atom stereocenters. The minimum atomic E-state index is -4.63. The molecule has 0 unspecified atom stereocenters. The predicted molar refractivity (Wildman–Crippen MR) is 77.5 cm³/mol. The highest BCUT2D eigenvalue weighted by atomic mass is 19.4. The van der Waals surface area contributed by atoms with Gasteiger partial charge in [-0.15, -0.1) is 0 Å². The van der Waals surface area contributed by atoms with Crippen LogP contribution in [0.2, 0.25) is 0 Å². The van der Waals surface area contributed by atoms with Gasteiger partial charge in [0.1, 0.15) is 22.9 Å². The second-order valence-electron chi connectivity index (χ2n) is 4.50. The largest absolute Gasteiger partial charge is 0.461 e. The molecule has 0 radical (unpaired) electrons. The number of hydrogen-bond acceptors (Lipinski definition) is 5. The molecule has 5 nitrogen and oxygen atoms in total. The first-order valence-corrected chi connectivity index (χ1v) is 6.78. The summed E-state index contributed by atoms with van der Waals surface area (Å²) in [6.45, 7) is 0.654. The Balaban J connectivity index is 2.37. The smallest absolute Gasteiger partial charge is 0.421 e. The zero-order valence-corrected chi connectivity index (χ0v) is 12.4. The fourth-order valence-corrected chi connectivity index (χ4v) is 1.86. The maximum Gasteiger partial charge on any atom is 0.421 e. The summed E-state index contributed by atoms with van der Waals surface area (Å²) in [7, 11) is 0. The van der Waals surface area contributed by atoms with Gasteiger partial charge in [0, 0.05) is 18.8 Å². The first-order valence-electron chi connectivity index (χ1n) is 6.78. The van der Waals surface area contributed by atoms with Crippen molar-refractivity contribution < 1.29 is 26.7 Å². The Morgan fingerprint density at radius 1 is 1.25 bits per heavy atom. The molecule has 2 aromatic rings. The van der Waals surface area contributed by atoms with Crippen LogP contribution in [-0.2, 0) is 6.18 Å². The molecule has 0 spiro atoms. The number of nitrogens with one attached hydrogen (secondary N) is 2. The van der Waals surface area contributed by atoms with E-state index in [9.17, 15) is 22.0 Å². The predicted octanol–water partition coefficient (Wildman–Crippen LogP) is 4.12. The molecule has 0 aliphatic carbocycles. The molecule has 0 bridgehead atoms. The lowest BCUT2D eigenvalue weighted by Crippen LogP contribution is -2.14. The maximum absolute atomic E-state index is 13.3. The first-order chi connectivity index (χ1) is 11.3. The van der Waals surface area contributed by atoms with E-state index in [1.807, 2.05) is 0 Å². The SMILES string of the molecule is CCNc1nc(Nc2cc(F)ccc2OCF)ncc1C(F)(F)F. The zero-order chi connectivity index (χ0) is 17.7. The van der Waals surface area contributed by atoms with Gasteiger partial charge in [0.15, 0.2) is 0 Å². The van der Waals surface area contributed by atoms with Crippen LogP contribution in [0.1, 0.15) is 12.5 Å². The Morgan fingerprint density at radius 2 is 2.00 bits per heavy atom. The molecule has 1 heterocycles. The van der Waals surface area contributed by atoms with Crippen LogP contribution in [0.4, 0.5) is 39.4 Å². The number of aromatic nitrogens is 2. The fourth-order valence-electron chi connectivity index (χ4n) is 1.86. The van der Waals surface area contributed by atoms with Gasteiger partial charge < -0.3 is 15.4 Å². The molecule has 10 heteroatoms. The summed E-state index contributed by atoms with van der Waals surface area (Å²) in [5.41, 5.74) is -1.05. The number of nitrogens with zero attached hydrogens (tertiary/aromatic N) is 2. The molecular weight excluding hydrogens is 335 g/mol. The van der Waals surface area contributed by atoms with Gasteiger partial charge in [0.05, 0.1) is 5.69 Å². The van der Waals surface area contributed by atoms with Crippen LogP contribution in [0.5, 0.6) is 5.75 Å². The quantitative estimate of drug-likeness (QED) is 0.769. The van der Waals surface area contributed by atoms with Crippen LogP contribution < -0.4 is 15.4 Å². The summed E-state index contributed by atoms with van der Waals surface area (Å²) in [5.74, 6) is -1.34. The minimum absolute atomic E-state index is 0.0187. The summed E-state index contributed by atoms with van der Waals surface area (Å²) in [5, 5.41) is 5.00. The van der Waals surface area contributed by atoms with Crippen LogP contribution >= 0.6 is 0 Å². The van der Waals surface area contributed by atoms with Crippen molar-refractivity contribution >= 4 is 17.5 Å². The number of ether oxygens (including phenoxy) is 1. The number of benzene rings is 1. The van der Waals surface area contributed by atoms with Gasteiger partial charge in [-0.25, -0.2) is 13.8 Å². The van der Waals surface area contributed by atoms with Gasteiger partial charge in [0.25, 0.3) is 0 Å². The number of alkyl halides is 4. The lowest BCUT2D eigenvalue weighted by Gasteiger charge is -2.15. The van der Waals surface area contributed by atoms with Crippen LogP contribution in [0, 0.1) is 5.82 Å². The Kier molecular flexibility index (Phi) is 5.37. The average molecular weight is 348 g/mol. The van der Waals surface area contributed by atoms with Crippen molar-refractivity contribution in [3.8, 4) is 5.75 Å². The lowest BCUT2D eigenvalue weighted by atomic mass is 10.2. The Hall–Kier alpha value is -2.65. The van der Waals surface area contributed by atoms with E-state index in [4.69, 9.17) is 0 Å². The minimum Gasteiger partial charge on any atom is -0.461 e. The third-order valence-electron chi connectivity index (χ3n) is 2.84. The topological polar surface area (TPSA) is 59.1 Å². The second kappa shape index (κ2) is 7.28. The van der Waals surface area contributed by atoms with Crippen LogP contribution in [0.3, 0.4) is 0 Å². The van der Waals surface area contributed by atoms with Crippen molar-refractivity contribution in [2.75, 3.05) is 24.0 Å². The van der Waals surface area contributed by atoms with E-state index in [2.05, 4.69) is 25.3 Å². The summed E-state index contributed by atoms with van der Waals surface area (Å²) in [4.78, 5) is 7.29. The van der Waals surface area contributed by atoms with Crippen molar-refractivity contribution in [3.05, 3.63) is 35.8 Å². The molecule has 130 valence electrons. The van der Waals surface area contributed by atoms with E-state index >= 15 is 0 Å². The van der Waals surface area contributed by atoms with E-state index in [1.165, 1.54) is 6.07 Å². The Bertz CT molecular complexity index is 708. The van der Waals surface area contributed by atoms with Crippen molar-refractivity contribution in [2.45, 2.75) is 13.1 Å².